The Morgan fingerprint density at radius 3 is 2.58 bits per heavy atom. The quantitative estimate of drug-likeness (QED) is 0.829. The predicted molar refractivity (Wildman–Crippen MR) is 68.5 cm³/mol. The number of carbonyl (C=O) groups excluding carboxylic acids is 1. The summed E-state index contributed by atoms with van der Waals surface area (Å²) in [6.45, 7) is 1.71. The molecule has 1 aromatic rings. The second kappa shape index (κ2) is 5.17. The molecule has 4 nitrogen and oxygen atoms in total. The van der Waals surface area contributed by atoms with Gasteiger partial charge in [0.15, 0.2) is 11.6 Å². The number of esters is 1. The van der Waals surface area contributed by atoms with E-state index in [1.165, 1.54) is 26.4 Å². The Hall–Kier alpha value is -1.62. The normalized spacial score (nSPS) is 17.7. The van der Waals surface area contributed by atoms with E-state index in [4.69, 9.17) is 9.47 Å². The molecule has 1 aromatic carbocycles. The minimum Gasteiger partial charge on any atom is -0.494 e. The van der Waals surface area contributed by atoms with Crippen molar-refractivity contribution in [2.45, 2.75) is 31.3 Å². The van der Waals surface area contributed by atoms with E-state index in [-0.39, 0.29) is 11.8 Å². The highest BCUT2D eigenvalue weighted by Crippen LogP contribution is 2.31. The van der Waals surface area contributed by atoms with Crippen LogP contribution < -0.4 is 10.1 Å². The molecule has 0 heterocycles. The van der Waals surface area contributed by atoms with Gasteiger partial charge in [-0.3, -0.25) is 5.32 Å². The topological polar surface area (TPSA) is 47.6 Å². The molecular weight excluding hydrogens is 249 g/mol. The summed E-state index contributed by atoms with van der Waals surface area (Å²) in [5.74, 6) is -0.765. The first-order valence-electron chi connectivity index (χ1n) is 6.21. The van der Waals surface area contributed by atoms with Crippen molar-refractivity contribution in [1.82, 2.24) is 5.32 Å². The number of hydrogen-bond donors (Lipinski definition) is 1. The van der Waals surface area contributed by atoms with Crippen molar-refractivity contribution < 1.29 is 18.7 Å². The molecule has 1 fully saturated rings. The number of ether oxygens (including phenoxy) is 2. The molecule has 0 aliphatic heterocycles. The van der Waals surface area contributed by atoms with E-state index >= 15 is 0 Å². The molecule has 0 bridgehead atoms. The SMILES string of the molecule is COC(=O)C(C)(NC1CC1)c1ccc(OC)c(F)c1. The summed E-state index contributed by atoms with van der Waals surface area (Å²) in [6, 6.07) is 4.79. The van der Waals surface area contributed by atoms with Gasteiger partial charge in [0.05, 0.1) is 14.2 Å². The number of carbonyl (C=O) groups is 1. The molecule has 104 valence electrons. The number of nitrogens with one attached hydrogen (secondary N) is 1. The maximum Gasteiger partial charge on any atom is 0.330 e. The second-order valence-corrected chi connectivity index (χ2v) is 4.88. The fourth-order valence-corrected chi connectivity index (χ4v) is 2.08. The first kappa shape index (κ1) is 13.8. The van der Waals surface area contributed by atoms with E-state index < -0.39 is 17.3 Å². The van der Waals surface area contributed by atoms with Gasteiger partial charge in [-0.2, -0.15) is 0 Å². The van der Waals surface area contributed by atoms with Gasteiger partial charge in [-0.15, -0.1) is 0 Å². The van der Waals surface area contributed by atoms with E-state index in [0.29, 0.717) is 5.56 Å². The van der Waals surface area contributed by atoms with Crippen LogP contribution in [0.2, 0.25) is 0 Å². The van der Waals surface area contributed by atoms with Gasteiger partial charge in [-0.05, 0) is 37.5 Å². The molecule has 1 atom stereocenters. The van der Waals surface area contributed by atoms with Crippen LogP contribution in [0.5, 0.6) is 5.75 Å². The lowest BCUT2D eigenvalue weighted by atomic mass is 9.91. The Balaban J connectivity index is 2.36. The third-order valence-electron chi connectivity index (χ3n) is 3.39. The van der Waals surface area contributed by atoms with Crippen LogP contribution in [0.15, 0.2) is 18.2 Å². The lowest BCUT2D eigenvalue weighted by Gasteiger charge is -2.29. The van der Waals surface area contributed by atoms with Crippen LogP contribution in [0.4, 0.5) is 4.39 Å². The van der Waals surface area contributed by atoms with Crippen molar-refractivity contribution in [2.24, 2.45) is 0 Å². The second-order valence-electron chi connectivity index (χ2n) is 4.88. The summed E-state index contributed by atoms with van der Waals surface area (Å²) >= 11 is 0. The Kier molecular flexibility index (Phi) is 3.75. The maximum atomic E-state index is 13.8. The molecule has 2 rings (SSSR count). The molecule has 1 saturated carbocycles. The highest BCUT2D eigenvalue weighted by molar-refractivity contribution is 5.82. The van der Waals surface area contributed by atoms with E-state index in [1.54, 1.807) is 13.0 Å². The Morgan fingerprint density at radius 1 is 1.42 bits per heavy atom. The Labute approximate surface area is 111 Å². The zero-order valence-electron chi connectivity index (χ0n) is 11.3. The zero-order valence-corrected chi connectivity index (χ0v) is 11.3. The predicted octanol–water partition coefficient (Wildman–Crippen LogP) is 1.97. The summed E-state index contributed by atoms with van der Waals surface area (Å²) in [6.07, 6.45) is 2.04. The third-order valence-corrected chi connectivity index (χ3v) is 3.39. The molecule has 0 saturated heterocycles. The summed E-state index contributed by atoms with van der Waals surface area (Å²) in [5, 5.41) is 3.22. The molecule has 19 heavy (non-hydrogen) atoms. The highest BCUT2D eigenvalue weighted by Gasteiger charge is 2.41. The summed E-state index contributed by atoms with van der Waals surface area (Å²) in [7, 11) is 2.73. The van der Waals surface area contributed by atoms with E-state index in [0.717, 1.165) is 12.8 Å². The standard InChI is InChI=1S/C14H18FNO3/c1-14(13(17)19-3,16-10-5-6-10)9-4-7-12(18-2)11(15)8-9/h4,7-8,10,16H,5-6H2,1-3H3. The fraction of sp³-hybridized carbons (Fsp3) is 0.500. The van der Waals surface area contributed by atoms with Crippen molar-refractivity contribution >= 4 is 5.97 Å². The largest absolute Gasteiger partial charge is 0.494 e. The van der Waals surface area contributed by atoms with E-state index in [2.05, 4.69) is 5.32 Å². The number of rotatable bonds is 5. The van der Waals surface area contributed by atoms with Gasteiger partial charge < -0.3 is 9.47 Å². The van der Waals surface area contributed by atoms with Crippen LogP contribution >= 0.6 is 0 Å². The minimum atomic E-state index is -1.04. The summed E-state index contributed by atoms with van der Waals surface area (Å²) in [5.41, 5.74) is -0.507. The van der Waals surface area contributed by atoms with Crippen LogP contribution in [0.1, 0.15) is 25.3 Å². The van der Waals surface area contributed by atoms with Crippen LogP contribution in [0.3, 0.4) is 0 Å². The minimum absolute atomic E-state index is 0.155. The molecule has 1 aliphatic rings. The van der Waals surface area contributed by atoms with Crippen LogP contribution in [0, 0.1) is 5.82 Å². The van der Waals surface area contributed by atoms with Crippen LogP contribution in [0.25, 0.3) is 0 Å². The van der Waals surface area contributed by atoms with Crippen molar-refractivity contribution in [3.05, 3.63) is 29.6 Å². The van der Waals surface area contributed by atoms with Gasteiger partial charge in [0.2, 0.25) is 0 Å². The van der Waals surface area contributed by atoms with Crippen molar-refractivity contribution in [3.63, 3.8) is 0 Å². The van der Waals surface area contributed by atoms with Gasteiger partial charge in [0.25, 0.3) is 0 Å². The van der Waals surface area contributed by atoms with Gasteiger partial charge in [-0.1, -0.05) is 6.07 Å². The first-order valence-corrected chi connectivity index (χ1v) is 6.21. The molecule has 0 radical (unpaired) electrons. The number of hydrogen-bond acceptors (Lipinski definition) is 4. The summed E-state index contributed by atoms with van der Waals surface area (Å²) in [4.78, 5) is 12.0. The molecular formula is C14H18FNO3. The number of methoxy groups -OCH3 is 2. The average Bonchev–Trinajstić information content (AvgIpc) is 3.21. The molecule has 1 unspecified atom stereocenters. The maximum absolute atomic E-state index is 13.8. The number of benzene rings is 1. The van der Waals surface area contributed by atoms with Gasteiger partial charge in [-0.25, -0.2) is 9.18 Å². The molecule has 5 heteroatoms. The molecule has 1 N–H and O–H groups in total. The molecule has 0 spiro atoms. The lowest BCUT2D eigenvalue weighted by molar-refractivity contribution is -0.148. The number of halogens is 1. The fourth-order valence-electron chi connectivity index (χ4n) is 2.08. The van der Waals surface area contributed by atoms with Crippen LogP contribution in [-0.4, -0.2) is 26.2 Å². The van der Waals surface area contributed by atoms with Crippen molar-refractivity contribution in [2.75, 3.05) is 14.2 Å². The lowest BCUT2D eigenvalue weighted by Crippen LogP contribution is -2.48. The van der Waals surface area contributed by atoms with Crippen molar-refractivity contribution in [3.8, 4) is 5.75 Å². The molecule has 0 amide bonds. The zero-order chi connectivity index (χ0) is 14.0. The summed E-state index contributed by atoms with van der Waals surface area (Å²) < 4.78 is 23.5. The van der Waals surface area contributed by atoms with E-state index in [9.17, 15) is 9.18 Å². The Bertz CT molecular complexity index is 488. The van der Waals surface area contributed by atoms with Gasteiger partial charge >= 0.3 is 5.97 Å². The third kappa shape index (κ3) is 2.71. The molecule has 1 aliphatic carbocycles. The highest BCUT2D eigenvalue weighted by atomic mass is 19.1. The Morgan fingerprint density at radius 2 is 2.11 bits per heavy atom. The van der Waals surface area contributed by atoms with E-state index in [1.807, 2.05) is 0 Å². The first-order chi connectivity index (χ1) is 9.01. The average molecular weight is 267 g/mol. The smallest absolute Gasteiger partial charge is 0.330 e. The van der Waals surface area contributed by atoms with Gasteiger partial charge in [0, 0.05) is 6.04 Å². The monoisotopic (exact) mass is 267 g/mol. The molecule has 0 aromatic heterocycles. The van der Waals surface area contributed by atoms with Crippen LogP contribution in [-0.2, 0) is 15.1 Å². The van der Waals surface area contributed by atoms with Crippen molar-refractivity contribution in [1.29, 1.82) is 0 Å². The van der Waals surface area contributed by atoms with Gasteiger partial charge in [0.1, 0.15) is 5.54 Å².